The molecule has 0 atom stereocenters. The van der Waals surface area contributed by atoms with Crippen LogP contribution in [0.1, 0.15) is 26.7 Å². The molecule has 0 fully saturated rings. The third-order valence-corrected chi connectivity index (χ3v) is 2.92. The monoisotopic (exact) mass is 293 g/mol. The van der Waals surface area contributed by atoms with Gasteiger partial charge in [0.15, 0.2) is 5.96 Å². The largest absolute Gasteiger partial charge is 0.497 e. The van der Waals surface area contributed by atoms with E-state index in [0.717, 1.165) is 30.9 Å². The number of methoxy groups -OCH3 is 1. The summed E-state index contributed by atoms with van der Waals surface area (Å²) in [7, 11) is 1.64. The molecule has 21 heavy (non-hydrogen) atoms. The van der Waals surface area contributed by atoms with Crippen molar-refractivity contribution in [2.24, 2.45) is 16.6 Å². The van der Waals surface area contributed by atoms with Gasteiger partial charge in [-0.05, 0) is 24.5 Å². The van der Waals surface area contributed by atoms with Crippen LogP contribution in [0.2, 0.25) is 0 Å². The van der Waals surface area contributed by atoms with Gasteiger partial charge in [0, 0.05) is 25.6 Å². The molecule has 5 heteroatoms. The number of aliphatic imine (C=N–C) groups is 1. The molecule has 0 saturated carbocycles. The van der Waals surface area contributed by atoms with Crippen LogP contribution in [0.25, 0.3) is 0 Å². The third-order valence-electron chi connectivity index (χ3n) is 2.92. The summed E-state index contributed by atoms with van der Waals surface area (Å²) >= 11 is 0. The summed E-state index contributed by atoms with van der Waals surface area (Å²) in [4.78, 5) is 4.26. The molecule has 1 aromatic carbocycles. The topological polar surface area (TPSA) is 68.9 Å². The van der Waals surface area contributed by atoms with Crippen molar-refractivity contribution < 1.29 is 9.47 Å². The van der Waals surface area contributed by atoms with E-state index < -0.39 is 0 Å². The maximum Gasteiger partial charge on any atom is 0.188 e. The first kappa shape index (κ1) is 17.1. The molecule has 0 aromatic heterocycles. The van der Waals surface area contributed by atoms with E-state index in [1.165, 1.54) is 0 Å². The van der Waals surface area contributed by atoms with Gasteiger partial charge in [0.2, 0.25) is 0 Å². The number of rotatable bonds is 9. The molecule has 0 saturated heterocycles. The number of hydrogen-bond acceptors (Lipinski definition) is 3. The van der Waals surface area contributed by atoms with Crippen molar-refractivity contribution in [3.63, 3.8) is 0 Å². The quantitative estimate of drug-likeness (QED) is 0.417. The molecule has 118 valence electrons. The Morgan fingerprint density at radius 1 is 1.33 bits per heavy atom. The lowest BCUT2D eigenvalue weighted by Gasteiger charge is -2.08. The SMILES string of the molecule is COc1cccc(OCCCN=C(N)NCCC(C)C)c1. The Balaban J connectivity index is 2.15. The summed E-state index contributed by atoms with van der Waals surface area (Å²) in [6.07, 6.45) is 1.92. The van der Waals surface area contributed by atoms with Crippen LogP contribution in [-0.4, -0.2) is 32.8 Å². The zero-order valence-electron chi connectivity index (χ0n) is 13.3. The van der Waals surface area contributed by atoms with Crippen molar-refractivity contribution in [3.05, 3.63) is 24.3 Å². The van der Waals surface area contributed by atoms with Gasteiger partial charge in [0.05, 0.1) is 13.7 Å². The number of guanidine groups is 1. The molecule has 0 aliphatic rings. The normalized spacial score (nSPS) is 11.5. The van der Waals surface area contributed by atoms with Gasteiger partial charge >= 0.3 is 0 Å². The minimum absolute atomic E-state index is 0.511. The Morgan fingerprint density at radius 3 is 2.81 bits per heavy atom. The first-order valence-electron chi connectivity index (χ1n) is 7.42. The molecule has 0 bridgehead atoms. The summed E-state index contributed by atoms with van der Waals surface area (Å²) in [5.74, 6) is 2.78. The molecule has 1 rings (SSSR count). The van der Waals surface area contributed by atoms with Crippen LogP contribution in [0.15, 0.2) is 29.3 Å². The van der Waals surface area contributed by atoms with Crippen LogP contribution in [0, 0.1) is 5.92 Å². The van der Waals surface area contributed by atoms with Gasteiger partial charge < -0.3 is 20.5 Å². The third kappa shape index (κ3) is 8.07. The van der Waals surface area contributed by atoms with Crippen LogP contribution >= 0.6 is 0 Å². The minimum Gasteiger partial charge on any atom is -0.497 e. The lowest BCUT2D eigenvalue weighted by molar-refractivity contribution is 0.311. The Morgan fingerprint density at radius 2 is 2.10 bits per heavy atom. The Hall–Kier alpha value is -1.91. The van der Waals surface area contributed by atoms with Crippen LogP contribution < -0.4 is 20.5 Å². The van der Waals surface area contributed by atoms with Crippen LogP contribution in [0.4, 0.5) is 0 Å². The lowest BCUT2D eigenvalue weighted by atomic mass is 10.1. The molecule has 0 aliphatic heterocycles. The highest BCUT2D eigenvalue weighted by atomic mass is 16.5. The van der Waals surface area contributed by atoms with Gasteiger partial charge in [-0.3, -0.25) is 4.99 Å². The fraction of sp³-hybridized carbons (Fsp3) is 0.562. The van der Waals surface area contributed by atoms with E-state index in [-0.39, 0.29) is 0 Å². The maximum absolute atomic E-state index is 5.77. The Bertz CT molecular complexity index is 433. The molecule has 0 aliphatic carbocycles. The molecule has 1 aromatic rings. The number of nitrogens with two attached hydrogens (primary N) is 1. The number of hydrogen-bond donors (Lipinski definition) is 2. The van der Waals surface area contributed by atoms with Crippen molar-refractivity contribution in [3.8, 4) is 11.5 Å². The number of nitrogens with one attached hydrogen (secondary N) is 1. The van der Waals surface area contributed by atoms with E-state index in [1.807, 2.05) is 24.3 Å². The van der Waals surface area contributed by atoms with Gasteiger partial charge in [-0.15, -0.1) is 0 Å². The summed E-state index contributed by atoms with van der Waals surface area (Å²) < 4.78 is 10.8. The molecule has 0 spiro atoms. The summed E-state index contributed by atoms with van der Waals surface area (Å²) in [6, 6.07) is 7.57. The molecule has 0 amide bonds. The van der Waals surface area contributed by atoms with E-state index in [0.29, 0.717) is 25.0 Å². The van der Waals surface area contributed by atoms with E-state index >= 15 is 0 Å². The predicted molar refractivity (Wildman–Crippen MR) is 87.1 cm³/mol. The van der Waals surface area contributed by atoms with Crippen LogP contribution in [0.3, 0.4) is 0 Å². The Labute approximate surface area is 127 Å². The summed E-state index contributed by atoms with van der Waals surface area (Å²) in [6.45, 7) is 6.50. The van der Waals surface area contributed by atoms with Gasteiger partial charge in [-0.25, -0.2) is 0 Å². The fourth-order valence-corrected chi connectivity index (χ4v) is 1.69. The predicted octanol–water partition coefficient (Wildman–Crippen LogP) is 2.41. The average molecular weight is 293 g/mol. The van der Waals surface area contributed by atoms with Crippen molar-refractivity contribution in [2.75, 3.05) is 26.8 Å². The molecule has 5 nitrogen and oxygen atoms in total. The number of benzene rings is 1. The number of ether oxygens (including phenoxy) is 2. The highest BCUT2D eigenvalue weighted by molar-refractivity contribution is 5.77. The van der Waals surface area contributed by atoms with Crippen molar-refractivity contribution in [2.45, 2.75) is 26.7 Å². The van der Waals surface area contributed by atoms with E-state index in [1.54, 1.807) is 7.11 Å². The van der Waals surface area contributed by atoms with E-state index in [4.69, 9.17) is 15.2 Å². The second kappa shape index (κ2) is 9.91. The Kier molecular flexibility index (Phi) is 8.09. The van der Waals surface area contributed by atoms with Crippen LogP contribution in [0.5, 0.6) is 11.5 Å². The zero-order chi connectivity index (χ0) is 15.5. The molecule has 0 unspecified atom stereocenters. The summed E-state index contributed by atoms with van der Waals surface area (Å²) in [5, 5.41) is 3.11. The molecule has 0 radical (unpaired) electrons. The van der Waals surface area contributed by atoms with E-state index in [9.17, 15) is 0 Å². The molecule has 0 heterocycles. The van der Waals surface area contributed by atoms with Gasteiger partial charge in [-0.2, -0.15) is 0 Å². The number of nitrogens with zero attached hydrogens (tertiary/aromatic N) is 1. The highest BCUT2D eigenvalue weighted by Gasteiger charge is 1.97. The summed E-state index contributed by atoms with van der Waals surface area (Å²) in [5.41, 5.74) is 5.77. The fourth-order valence-electron chi connectivity index (χ4n) is 1.69. The average Bonchev–Trinajstić information content (AvgIpc) is 2.46. The smallest absolute Gasteiger partial charge is 0.188 e. The van der Waals surface area contributed by atoms with Gasteiger partial charge in [0.1, 0.15) is 11.5 Å². The highest BCUT2D eigenvalue weighted by Crippen LogP contribution is 2.18. The maximum atomic E-state index is 5.77. The lowest BCUT2D eigenvalue weighted by Crippen LogP contribution is -2.33. The van der Waals surface area contributed by atoms with Crippen molar-refractivity contribution >= 4 is 5.96 Å². The minimum atomic E-state index is 0.511. The van der Waals surface area contributed by atoms with Crippen molar-refractivity contribution in [1.29, 1.82) is 0 Å². The second-order valence-electron chi connectivity index (χ2n) is 5.26. The first-order valence-corrected chi connectivity index (χ1v) is 7.42. The molecular weight excluding hydrogens is 266 g/mol. The second-order valence-corrected chi connectivity index (χ2v) is 5.26. The van der Waals surface area contributed by atoms with E-state index in [2.05, 4.69) is 24.2 Å². The molecular formula is C16H27N3O2. The van der Waals surface area contributed by atoms with Crippen LogP contribution in [-0.2, 0) is 0 Å². The van der Waals surface area contributed by atoms with Gasteiger partial charge in [0.25, 0.3) is 0 Å². The first-order chi connectivity index (χ1) is 10.1. The van der Waals surface area contributed by atoms with Crippen molar-refractivity contribution in [1.82, 2.24) is 5.32 Å². The molecule has 3 N–H and O–H groups in total. The van der Waals surface area contributed by atoms with Gasteiger partial charge in [-0.1, -0.05) is 19.9 Å². The zero-order valence-corrected chi connectivity index (χ0v) is 13.3. The standard InChI is InChI=1S/C16H27N3O2/c1-13(2)8-10-19-16(17)18-9-5-11-21-15-7-4-6-14(12-15)20-3/h4,6-7,12-13H,5,8-11H2,1-3H3,(H3,17,18,19).